The number of anilines is 1. The molecule has 1 aromatic rings. The zero-order chi connectivity index (χ0) is 17.5. The maximum atomic E-state index is 12.9. The van der Waals surface area contributed by atoms with E-state index in [9.17, 15) is 14.4 Å². The molecule has 2 atom stereocenters. The zero-order valence-corrected chi connectivity index (χ0v) is 15.0. The molecule has 1 aromatic heterocycles. The minimum Gasteiger partial charge on any atom is -0.301 e. The molecule has 1 aliphatic carbocycles. The zero-order valence-electron chi connectivity index (χ0n) is 14.2. The molecule has 3 rings (SSSR count). The molecule has 0 radical (unpaired) electrons. The average Bonchev–Trinajstić information content (AvgIpc) is 3.07. The fourth-order valence-corrected chi connectivity index (χ4v) is 4.38. The van der Waals surface area contributed by atoms with E-state index in [0.717, 1.165) is 12.8 Å². The number of amides is 3. The summed E-state index contributed by atoms with van der Waals surface area (Å²) in [5.74, 6) is -0.450. The molecule has 130 valence electrons. The van der Waals surface area contributed by atoms with Gasteiger partial charge in [0, 0.05) is 18.9 Å². The predicted octanol–water partition coefficient (Wildman–Crippen LogP) is 2.07. The van der Waals surface area contributed by atoms with Gasteiger partial charge in [-0.1, -0.05) is 32.1 Å². The Morgan fingerprint density at radius 2 is 2.17 bits per heavy atom. The SMILES string of the molecule is CC12CCC(C(=O)N(CCCC(=O)Nc3nncs3)C1=O)C2(C)C. The van der Waals surface area contributed by atoms with E-state index in [0.29, 0.717) is 18.1 Å². The first-order valence-electron chi connectivity index (χ1n) is 8.19. The van der Waals surface area contributed by atoms with Crippen LogP contribution in [0.1, 0.15) is 46.5 Å². The number of rotatable bonds is 5. The number of aromatic nitrogens is 2. The van der Waals surface area contributed by atoms with Crippen LogP contribution in [0.3, 0.4) is 0 Å². The quantitative estimate of drug-likeness (QED) is 0.821. The highest BCUT2D eigenvalue weighted by atomic mass is 32.1. The van der Waals surface area contributed by atoms with Gasteiger partial charge in [-0.05, 0) is 24.7 Å². The Balaban J connectivity index is 1.59. The van der Waals surface area contributed by atoms with E-state index in [2.05, 4.69) is 15.5 Å². The number of piperidine rings is 1. The van der Waals surface area contributed by atoms with Gasteiger partial charge in [0.15, 0.2) is 0 Å². The van der Waals surface area contributed by atoms with Crippen LogP contribution < -0.4 is 5.32 Å². The van der Waals surface area contributed by atoms with Gasteiger partial charge in [0.1, 0.15) is 5.51 Å². The van der Waals surface area contributed by atoms with Crippen LogP contribution in [0.5, 0.6) is 0 Å². The van der Waals surface area contributed by atoms with E-state index >= 15 is 0 Å². The molecule has 0 spiro atoms. The summed E-state index contributed by atoms with van der Waals surface area (Å²) in [6, 6.07) is 0. The number of hydrogen-bond donors (Lipinski definition) is 1. The highest BCUT2D eigenvalue weighted by Gasteiger charge is 2.64. The Bertz CT molecular complexity index is 673. The number of nitrogens with zero attached hydrogens (tertiary/aromatic N) is 3. The molecule has 7 nitrogen and oxygen atoms in total. The second-order valence-corrected chi connectivity index (χ2v) is 8.17. The van der Waals surface area contributed by atoms with Crippen LogP contribution in [0.2, 0.25) is 0 Å². The van der Waals surface area contributed by atoms with Gasteiger partial charge in [-0.15, -0.1) is 10.2 Å². The maximum Gasteiger partial charge on any atom is 0.235 e. The smallest absolute Gasteiger partial charge is 0.235 e. The molecule has 1 aliphatic heterocycles. The molecule has 0 aromatic carbocycles. The monoisotopic (exact) mass is 350 g/mol. The normalized spacial score (nSPS) is 28.3. The van der Waals surface area contributed by atoms with Crippen molar-refractivity contribution in [3.8, 4) is 0 Å². The number of carbonyl (C=O) groups is 3. The Hall–Kier alpha value is -1.83. The summed E-state index contributed by atoms with van der Waals surface area (Å²) >= 11 is 1.25. The second kappa shape index (κ2) is 5.91. The second-order valence-electron chi connectivity index (χ2n) is 7.34. The van der Waals surface area contributed by atoms with Crippen LogP contribution in [0.4, 0.5) is 5.13 Å². The summed E-state index contributed by atoms with van der Waals surface area (Å²) in [5, 5.41) is 10.5. The van der Waals surface area contributed by atoms with Crippen molar-refractivity contribution in [2.45, 2.75) is 46.5 Å². The summed E-state index contributed by atoms with van der Waals surface area (Å²) < 4.78 is 0. The Morgan fingerprint density at radius 3 is 2.83 bits per heavy atom. The first-order chi connectivity index (χ1) is 11.3. The van der Waals surface area contributed by atoms with Gasteiger partial charge in [0.25, 0.3) is 0 Å². The first kappa shape index (κ1) is 17.0. The lowest BCUT2D eigenvalue weighted by molar-refractivity contribution is -0.168. The average molecular weight is 350 g/mol. The van der Waals surface area contributed by atoms with Crippen molar-refractivity contribution in [1.29, 1.82) is 0 Å². The third kappa shape index (κ3) is 2.53. The molecule has 1 saturated carbocycles. The molecule has 2 heterocycles. The lowest BCUT2D eigenvalue weighted by atomic mass is 9.62. The van der Waals surface area contributed by atoms with Gasteiger partial charge in [-0.25, -0.2) is 0 Å². The van der Waals surface area contributed by atoms with Crippen LogP contribution in [0.15, 0.2) is 5.51 Å². The first-order valence-corrected chi connectivity index (χ1v) is 9.07. The topological polar surface area (TPSA) is 92.3 Å². The summed E-state index contributed by atoms with van der Waals surface area (Å²) in [6.45, 7) is 6.31. The van der Waals surface area contributed by atoms with Crippen molar-refractivity contribution < 1.29 is 14.4 Å². The van der Waals surface area contributed by atoms with Crippen LogP contribution in [0.25, 0.3) is 0 Å². The fraction of sp³-hybridized carbons (Fsp3) is 0.688. The highest BCUT2D eigenvalue weighted by Crippen LogP contribution is 2.60. The largest absolute Gasteiger partial charge is 0.301 e. The molecule has 3 amide bonds. The van der Waals surface area contributed by atoms with Gasteiger partial charge >= 0.3 is 0 Å². The maximum absolute atomic E-state index is 12.9. The molecule has 24 heavy (non-hydrogen) atoms. The number of nitrogens with one attached hydrogen (secondary N) is 1. The third-order valence-corrected chi connectivity index (χ3v) is 6.51. The number of carbonyl (C=O) groups excluding carboxylic acids is 3. The van der Waals surface area contributed by atoms with Crippen LogP contribution in [-0.2, 0) is 14.4 Å². The van der Waals surface area contributed by atoms with Gasteiger partial charge in [-0.3, -0.25) is 19.3 Å². The van der Waals surface area contributed by atoms with E-state index in [1.54, 1.807) is 5.51 Å². The van der Waals surface area contributed by atoms with E-state index in [1.165, 1.54) is 16.2 Å². The standard InChI is InChI=1S/C16H22N4O3S/c1-15(2)10-6-7-16(15,3)13(23)20(12(10)22)8-4-5-11(21)18-14-19-17-9-24-14/h9-10H,4-8H2,1-3H3,(H,18,19,21). The molecule has 2 aliphatic rings. The van der Waals surface area contributed by atoms with Crippen molar-refractivity contribution in [2.24, 2.45) is 16.7 Å². The van der Waals surface area contributed by atoms with Gasteiger partial charge < -0.3 is 5.32 Å². The molecule has 1 N–H and O–H groups in total. The molecule has 2 bridgehead atoms. The van der Waals surface area contributed by atoms with Crippen LogP contribution in [0, 0.1) is 16.7 Å². The van der Waals surface area contributed by atoms with Crippen molar-refractivity contribution in [3.05, 3.63) is 5.51 Å². The van der Waals surface area contributed by atoms with Gasteiger partial charge in [0.2, 0.25) is 22.9 Å². The number of fused-ring (bicyclic) bond motifs is 2. The van der Waals surface area contributed by atoms with Crippen LogP contribution in [-0.4, -0.2) is 39.4 Å². The fourth-order valence-electron chi connectivity index (χ4n) is 3.92. The van der Waals surface area contributed by atoms with Gasteiger partial charge in [-0.2, -0.15) is 0 Å². The Kier molecular flexibility index (Phi) is 4.19. The molecular weight excluding hydrogens is 328 g/mol. The summed E-state index contributed by atoms with van der Waals surface area (Å²) in [5.41, 5.74) is 0.756. The number of likely N-dealkylation sites (tertiary alicyclic amines) is 1. The number of imide groups is 1. The van der Waals surface area contributed by atoms with E-state index in [1.807, 2.05) is 20.8 Å². The Morgan fingerprint density at radius 1 is 1.42 bits per heavy atom. The highest BCUT2D eigenvalue weighted by molar-refractivity contribution is 7.13. The Labute approximate surface area is 144 Å². The van der Waals surface area contributed by atoms with Crippen LogP contribution >= 0.6 is 11.3 Å². The van der Waals surface area contributed by atoms with Gasteiger partial charge in [0.05, 0.1) is 5.41 Å². The van der Waals surface area contributed by atoms with E-state index in [-0.39, 0.29) is 35.5 Å². The van der Waals surface area contributed by atoms with E-state index in [4.69, 9.17) is 0 Å². The minimum absolute atomic E-state index is 0.0792. The molecule has 8 heteroatoms. The van der Waals surface area contributed by atoms with Crippen molar-refractivity contribution in [3.63, 3.8) is 0 Å². The van der Waals surface area contributed by atoms with Crippen molar-refractivity contribution >= 4 is 34.2 Å². The summed E-state index contributed by atoms with van der Waals surface area (Å²) in [6.07, 6.45) is 2.21. The van der Waals surface area contributed by atoms with Crippen molar-refractivity contribution in [2.75, 3.05) is 11.9 Å². The minimum atomic E-state index is -0.486. The molecule has 2 fully saturated rings. The lowest BCUT2D eigenvalue weighted by Crippen LogP contribution is -2.59. The lowest BCUT2D eigenvalue weighted by Gasteiger charge is -2.47. The summed E-state index contributed by atoms with van der Waals surface area (Å²) in [4.78, 5) is 38.8. The summed E-state index contributed by atoms with van der Waals surface area (Å²) in [7, 11) is 0. The molecular formula is C16H22N4O3S. The number of hydrogen-bond acceptors (Lipinski definition) is 6. The third-order valence-electron chi connectivity index (χ3n) is 5.90. The van der Waals surface area contributed by atoms with E-state index < -0.39 is 5.41 Å². The van der Waals surface area contributed by atoms with Crippen molar-refractivity contribution in [1.82, 2.24) is 15.1 Å². The molecule has 2 unspecified atom stereocenters. The predicted molar refractivity (Wildman–Crippen MR) is 89.1 cm³/mol. The molecule has 1 saturated heterocycles.